The monoisotopic (exact) mass is 301 g/mol. The first-order valence-corrected chi connectivity index (χ1v) is 7.29. The maximum absolute atomic E-state index is 5.40. The van der Waals surface area contributed by atoms with Crippen molar-refractivity contribution in [2.75, 3.05) is 12.4 Å². The Bertz CT molecular complexity index is 793. The van der Waals surface area contributed by atoms with E-state index >= 15 is 0 Å². The van der Waals surface area contributed by atoms with E-state index < -0.39 is 0 Å². The summed E-state index contributed by atoms with van der Waals surface area (Å²) in [5.41, 5.74) is 4.59. The Morgan fingerprint density at radius 1 is 1.24 bits per heavy atom. The molecule has 108 valence electrons. The van der Waals surface area contributed by atoms with Crippen LogP contribution in [0.15, 0.2) is 16.8 Å². The lowest BCUT2D eigenvalue weighted by Crippen LogP contribution is -1.92. The van der Waals surface area contributed by atoms with Crippen LogP contribution in [0.2, 0.25) is 0 Å². The van der Waals surface area contributed by atoms with Gasteiger partial charge in [0.1, 0.15) is 10.7 Å². The molecule has 7 heteroatoms. The van der Waals surface area contributed by atoms with Crippen molar-refractivity contribution in [1.82, 2.24) is 19.5 Å². The number of aromatic nitrogens is 4. The maximum Gasteiger partial charge on any atom is 0.263 e. The van der Waals surface area contributed by atoms with Gasteiger partial charge in [-0.05, 0) is 43.4 Å². The maximum atomic E-state index is 5.40. The molecule has 0 atom stereocenters. The smallest absolute Gasteiger partial charge is 0.263 e. The number of hydrogen-bond acceptors (Lipinski definition) is 7. The molecule has 1 N–H and O–H groups in total. The molecule has 0 aliphatic carbocycles. The molecule has 0 saturated heterocycles. The molecule has 0 bridgehead atoms. The largest absolute Gasteiger partial charge is 0.378 e. The number of aryl methyl sites for hydroxylation is 3. The fourth-order valence-corrected chi connectivity index (χ4v) is 2.90. The lowest BCUT2D eigenvalue weighted by molar-refractivity contribution is 0.432. The van der Waals surface area contributed by atoms with Gasteiger partial charge in [0.05, 0.1) is 11.3 Å². The molecule has 0 aromatic carbocycles. The third-order valence-electron chi connectivity index (χ3n) is 3.16. The van der Waals surface area contributed by atoms with E-state index in [0.29, 0.717) is 11.7 Å². The third kappa shape index (κ3) is 2.40. The van der Waals surface area contributed by atoms with Crippen LogP contribution >= 0.6 is 11.5 Å². The quantitative estimate of drug-likeness (QED) is 0.800. The van der Waals surface area contributed by atoms with Gasteiger partial charge >= 0.3 is 0 Å². The second-order valence-corrected chi connectivity index (χ2v) is 5.60. The van der Waals surface area contributed by atoms with E-state index in [2.05, 4.69) is 30.9 Å². The Balaban J connectivity index is 2.06. The molecule has 3 heterocycles. The zero-order valence-corrected chi connectivity index (χ0v) is 13.1. The summed E-state index contributed by atoms with van der Waals surface area (Å²) in [6.07, 6.45) is 1.80. The molecule has 21 heavy (non-hydrogen) atoms. The standard InChI is InChI=1S/C14H15N5OS/c1-7-5-8(2)11(16-6-7)12-17-13(20-18-12)10-9(3)19-21-14(10)15-4/h5-6,15H,1-4H3. The number of nitrogens with zero attached hydrogens (tertiary/aromatic N) is 4. The number of nitrogens with one attached hydrogen (secondary N) is 1. The first kappa shape index (κ1) is 13.7. The third-order valence-corrected chi connectivity index (χ3v) is 4.11. The van der Waals surface area contributed by atoms with Crippen molar-refractivity contribution in [2.45, 2.75) is 20.8 Å². The summed E-state index contributed by atoms with van der Waals surface area (Å²) in [4.78, 5) is 8.86. The van der Waals surface area contributed by atoms with E-state index in [1.54, 1.807) is 6.20 Å². The first-order chi connectivity index (χ1) is 10.1. The van der Waals surface area contributed by atoms with E-state index in [9.17, 15) is 0 Å². The van der Waals surface area contributed by atoms with Crippen molar-refractivity contribution in [3.05, 3.63) is 29.1 Å². The fourth-order valence-electron chi connectivity index (χ4n) is 2.16. The number of anilines is 1. The lowest BCUT2D eigenvalue weighted by atomic mass is 10.1. The van der Waals surface area contributed by atoms with Crippen LogP contribution in [0, 0.1) is 20.8 Å². The molecule has 0 amide bonds. The van der Waals surface area contributed by atoms with Crippen LogP contribution in [-0.4, -0.2) is 26.5 Å². The highest BCUT2D eigenvalue weighted by Crippen LogP contribution is 2.34. The van der Waals surface area contributed by atoms with Crippen LogP contribution < -0.4 is 5.32 Å². The summed E-state index contributed by atoms with van der Waals surface area (Å²) in [7, 11) is 1.85. The van der Waals surface area contributed by atoms with Gasteiger partial charge in [0, 0.05) is 13.2 Å². The van der Waals surface area contributed by atoms with E-state index in [1.807, 2.05) is 27.8 Å². The molecule has 0 aliphatic heterocycles. The molecule has 3 rings (SSSR count). The number of rotatable bonds is 3. The molecule has 6 nitrogen and oxygen atoms in total. The topological polar surface area (TPSA) is 76.7 Å². The zero-order valence-electron chi connectivity index (χ0n) is 12.3. The molecular formula is C14H15N5OS. The molecule has 0 saturated carbocycles. The summed E-state index contributed by atoms with van der Waals surface area (Å²) in [6.45, 7) is 5.92. The Morgan fingerprint density at radius 2 is 2.05 bits per heavy atom. The van der Waals surface area contributed by atoms with Crippen LogP contribution in [0.4, 0.5) is 5.00 Å². The lowest BCUT2D eigenvalue weighted by Gasteiger charge is -2.00. The minimum Gasteiger partial charge on any atom is -0.378 e. The minimum atomic E-state index is 0.461. The average Bonchev–Trinajstić information content (AvgIpc) is 3.05. The SMILES string of the molecule is CNc1snc(C)c1-c1nc(-c2ncc(C)cc2C)no1. The minimum absolute atomic E-state index is 0.461. The highest BCUT2D eigenvalue weighted by atomic mass is 32.1. The van der Waals surface area contributed by atoms with Crippen LogP contribution in [0.25, 0.3) is 23.0 Å². The molecule has 0 spiro atoms. The van der Waals surface area contributed by atoms with Crippen molar-refractivity contribution in [3.63, 3.8) is 0 Å². The van der Waals surface area contributed by atoms with Gasteiger partial charge in [0.2, 0.25) is 5.82 Å². The van der Waals surface area contributed by atoms with Crippen LogP contribution in [0.5, 0.6) is 0 Å². The summed E-state index contributed by atoms with van der Waals surface area (Å²) < 4.78 is 9.71. The van der Waals surface area contributed by atoms with E-state index in [-0.39, 0.29) is 0 Å². The van der Waals surface area contributed by atoms with Crippen LogP contribution in [0.3, 0.4) is 0 Å². The molecular weight excluding hydrogens is 286 g/mol. The van der Waals surface area contributed by atoms with Crippen molar-refractivity contribution >= 4 is 16.5 Å². The normalized spacial score (nSPS) is 10.9. The van der Waals surface area contributed by atoms with Crippen LogP contribution in [-0.2, 0) is 0 Å². The predicted octanol–water partition coefficient (Wildman–Crippen LogP) is 3.22. The molecule has 3 aromatic heterocycles. The van der Waals surface area contributed by atoms with E-state index in [4.69, 9.17) is 4.52 Å². The summed E-state index contributed by atoms with van der Waals surface area (Å²) in [5, 5.41) is 8.06. The van der Waals surface area contributed by atoms with Gasteiger partial charge in [-0.15, -0.1) is 0 Å². The second-order valence-electron chi connectivity index (χ2n) is 4.82. The van der Waals surface area contributed by atoms with Crippen molar-refractivity contribution < 1.29 is 4.52 Å². The fraction of sp³-hybridized carbons (Fsp3) is 0.286. The van der Waals surface area contributed by atoms with E-state index in [1.165, 1.54) is 11.5 Å². The van der Waals surface area contributed by atoms with Crippen molar-refractivity contribution in [1.29, 1.82) is 0 Å². The first-order valence-electron chi connectivity index (χ1n) is 6.52. The molecule has 0 aliphatic rings. The highest BCUT2D eigenvalue weighted by molar-refractivity contribution is 7.10. The number of hydrogen-bond donors (Lipinski definition) is 1. The second kappa shape index (κ2) is 5.25. The average molecular weight is 301 g/mol. The van der Waals surface area contributed by atoms with E-state index in [0.717, 1.165) is 33.1 Å². The predicted molar refractivity (Wildman–Crippen MR) is 82.4 cm³/mol. The highest BCUT2D eigenvalue weighted by Gasteiger charge is 2.20. The Labute approximate surface area is 126 Å². The van der Waals surface area contributed by atoms with Gasteiger partial charge in [0.25, 0.3) is 5.89 Å². The summed E-state index contributed by atoms with van der Waals surface area (Å²) in [6, 6.07) is 2.05. The zero-order chi connectivity index (χ0) is 15.0. The van der Waals surface area contributed by atoms with Crippen LogP contribution in [0.1, 0.15) is 16.8 Å². The molecule has 3 aromatic rings. The van der Waals surface area contributed by atoms with Crippen molar-refractivity contribution in [3.8, 4) is 23.0 Å². The summed E-state index contributed by atoms with van der Waals surface area (Å²) in [5.74, 6) is 0.956. The molecule has 0 fully saturated rings. The summed E-state index contributed by atoms with van der Waals surface area (Å²) >= 11 is 1.38. The van der Waals surface area contributed by atoms with Gasteiger partial charge in [-0.2, -0.15) is 9.36 Å². The van der Waals surface area contributed by atoms with Gasteiger partial charge in [-0.3, -0.25) is 4.98 Å². The number of pyridine rings is 1. The Kier molecular flexibility index (Phi) is 3.42. The van der Waals surface area contributed by atoms with Crippen molar-refractivity contribution in [2.24, 2.45) is 0 Å². The van der Waals surface area contributed by atoms with Gasteiger partial charge < -0.3 is 9.84 Å². The van der Waals surface area contributed by atoms with Gasteiger partial charge in [0.15, 0.2) is 0 Å². The van der Waals surface area contributed by atoms with Gasteiger partial charge in [-0.1, -0.05) is 11.2 Å². The van der Waals surface area contributed by atoms with Gasteiger partial charge in [-0.25, -0.2) is 0 Å². The Hall–Kier alpha value is -2.28. The molecule has 0 radical (unpaired) electrons. The Morgan fingerprint density at radius 3 is 2.76 bits per heavy atom. The molecule has 0 unspecified atom stereocenters.